The smallest absolute Gasteiger partial charge is 0.142 e. The molecule has 0 aliphatic rings. The molecule has 2 aromatic rings. The first-order valence-corrected chi connectivity index (χ1v) is 5.02. The van der Waals surface area contributed by atoms with Gasteiger partial charge in [0, 0.05) is 12.4 Å². The summed E-state index contributed by atoms with van der Waals surface area (Å²) in [6, 6.07) is 11.9. The third kappa shape index (κ3) is 2.42. The topological polar surface area (TPSA) is 30.0 Å². The van der Waals surface area contributed by atoms with Gasteiger partial charge in [0.05, 0.1) is 0 Å². The number of carbonyl (C=O) groups excluding carboxylic acids is 1. The number of carbonyl (C=O) groups is 1. The van der Waals surface area contributed by atoms with Gasteiger partial charge in [0.25, 0.3) is 0 Å². The molecule has 0 spiro atoms. The zero-order chi connectivity index (χ0) is 11.2. The molecule has 0 radical (unpaired) electrons. The Morgan fingerprint density at radius 3 is 2.44 bits per heavy atom. The fourth-order valence-electron chi connectivity index (χ4n) is 1.47. The van der Waals surface area contributed by atoms with Crippen molar-refractivity contribution in [3.05, 3.63) is 60.4 Å². The van der Waals surface area contributed by atoms with Crippen LogP contribution in [0.2, 0.25) is 0 Å². The maximum Gasteiger partial charge on any atom is 0.142 e. The van der Waals surface area contributed by atoms with Crippen molar-refractivity contribution in [3.63, 3.8) is 0 Å². The maximum absolute atomic E-state index is 10.2. The molecule has 2 heteroatoms. The molecule has 0 saturated carbocycles. The molecule has 1 aromatic carbocycles. The third-order valence-electron chi connectivity index (χ3n) is 2.27. The lowest BCUT2D eigenvalue weighted by Crippen LogP contribution is -1.79. The number of benzene rings is 1. The lowest BCUT2D eigenvalue weighted by atomic mass is 10.1. The molecule has 0 amide bonds. The second kappa shape index (κ2) is 5.03. The second-order valence-corrected chi connectivity index (χ2v) is 3.36. The van der Waals surface area contributed by atoms with E-state index in [1.165, 1.54) is 6.08 Å². The summed E-state index contributed by atoms with van der Waals surface area (Å²) >= 11 is 0. The van der Waals surface area contributed by atoms with Crippen LogP contribution in [-0.2, 0) is 4.79 Å². The number of aromatic nitrogens is 1. The van der Waals surface area contributed by atoms with E-state index < -0.39 is 0 Å². The zero-order valence-corrected chi connectivity index (χ0v) is 8.71. The molecule has 0 fully saturated rings. The molecule has 0 N–H and O–H groups in total. The van der Waals surface area contributed by atoms with Gasteiger partial charge in [0.15, 0.2) is 0 Å². The molecular weight excluding hydrogens is 198 g/mol. The van der Waals surface area contributed by atoms with Gasteiger partial charge in [-0.25, -0.2) is 0 Å². The number of nitrogens with zero attached hydrogens (tertiary/aromatic N) is 1. The molecule has 0 unspecified atom stereocenters. The molecular formula is C14H11NO. The van der Waals surface area contributed by atoms with Crippen molar-refractivity contribution in [2.45, 2.75) is 0 Å². The van der Waals surface area contributed by atoms with Gasteiger partial charge in [-0.3, -0.25) is 9.78 Å². The van der Waals surface area contributed by atoms with E-state index in [-0.39, 0.29) is 0 Å². The summed E-state index contributed by atoms with van der Waals surface area (Å²) in [5.41, 5.74) is 3.23. The van der Waals surface area contributed by atoms with E-state index in [1.54, 1.807) is 12.3 Å². The van der Waals surface area contributed by atoms with E-state index in [9.17, 15) is 4.79 Å². The van der Waals surface area contributed by atoms with Crippen LogP contribution in [0.25, 0.3) is 17.2 Å². The highest BCUT2D eigenvalue weighted by Gasteiger charge is 1.95. The lowest BCUT2D eigenvalue weighted by Gasteiger charge is -2.00. The number of rotatable bonds is 3. The second-order valence-electron chi connectivity index (χ2n) is 3.36. The van der Waals surface area contributed by atoms with Gasteiger partial charge in [-0.1, -0.05) is 36.4 Å². The Labute approximate surface area is 94.3 Å². The number of aldehydes is 1. The van der Waals surface area contributed by atoms with E-state index in [0.717, 1.165) is 23.0 Å². The first-order chi connectivity index (χ1) is 7.90. The van der Waals surface area contributed by atoms with Crippen molar-refractivity contribution in [1.29, 1.82) is 0 Å². The number of hydrogen-bond acceptors (Lipinski definition) is 2. The Hall–Kier alpha value is -2.22. The lowest BCUT2D eigenvalue weighted by molar-refractivity contribution is -0.104. The van der Waals surface area contributed by atoms with Gasteiger partial charge >= 0.3 is 0 Å². The van der Waals surface area contributed by atoms with Crippen LogP contribution in [0.15, 0.2) is 54.9 Å². The van der Waals surface area contributed by atoms with Crippen LogP contribution in [0, 0.1) is 0 Å². The molecule has 1 aromatic heterocycles. The first kappa shape index (κ1) is 10.3. The SMILES string of the molecule is O=CC=Cc1ccc(-c2cccnc2)cc1. The van der Waals surface area contributed by atoms with E-state index in [0.29, 0.717) is 0 Å². The largest absolute Gasteiger partial charge is 0.299 e. The molecule has 1 heterocycles. The van der Waals surface area contributed by atoms with Crippen LogP contribution >= 0.6 is 0 Å². The summed E-state index contributed by atoms with van der Waals surface area (Å²) in [4.78, 5) is 14.2. The Kier molecular flexibility index (Phi) is 3.24. The molecule has 0 bridgehead atoms. The summed E-state index contributed by atoms with van der Waals surface area (Å²) < 4.78 is 0. The van der Waals surface area contributed by atoms with Gasteiger partial charge in [-0.2, -0.15) is 0 Å². The van der Waals surface area contributed by atoms with Crippen molar-refractivity contribution >= 4 is 12.4 Å². The first-order valence-electron chi connectivity index (χ1n) is 5.02. The van der Waals surface area contributed by atoms with Gasteiger partial charge in [-0.15, -0.1) is 0 Å². The molecule has 0 saturated heterocycles. The van der Waals surface area contributed by atoms with E-state index in [4.69, 9.17) is 0 Å². The minimum absolute atomic E-state index is 0.773. The fraction of sp³-hybridized carbons (Fsp3) is 0. The van der Waals surface area contributed by atoms with Gasteiger partial charge < -0.3 is 0 Å². The molecule has 2 rings (SSSR count). The standard InChI is InChI=1S/C14H11NO/c16-10-2-3-12-5-7-13(8-6-12)14-4-1-9-15-11-14/h1-11H. The van der Waals surface area contributed by atoms with Crippen LogP contribution < -0.4 is 0 Å². The molecule has 0 atom stereocenters. The van der Waals surface area contributed by atoms with Crippen LogP contribution in [0.1, 0.15) is 5.56 Å². The predicted octanol–water partition coefficient (Wildman–Crippen LogP) is 2.96. The molecule has 0 aliphatic heterocycles. The summed E-state index contributed by atoms with van der Waals surface area (Å²) in [7, 11) is 0. The highest BCUT2D eigenvalue weighted by Crippen LogP contribution is 2.18. The number of pyridine rings is 1. The quantitative estimate of drug-likeness (QED) is 0.574. The minimum Gasteiger partial charge on any atom is -0.299 e. The van der Waals surface area contributed by atoms with Crippen LogP contribution in [0.4, 0.5) is 0 Å². The Bertz CT molecular complexity index is 486. The van der Waals surface area contributed by atoms with Crippen molar-refractivity contribution in [2.24, 2.45) is 0 Å². The Morgan fingerprint density at radius 1 is 1.00 bits per heavy atom. The number of hydrogen-bond donors (Lipinski definition) is 0. The highest BCUT2D eigenvalue weighted by atomic mass is 16.1. The van der Waals surface area contributed by atoms with Gasteiger partial charge in [-0.05, 0) is 28.8 Å². The zero-order valence-electron chi connectivity index (χ0n) is 8.71. The molecule has 2 nitrogen and oxygen atoms in total. The predicted molar refractivity (Wildman–Crippen MR) is 64.8 cm³/mol. The normalized spacial score (nSPS) is 10.5. The summed E-state index contributed by atoms with van der Waals surface area (Å²) in [6.45, 7) is 0. The monoisotopic (exact) mass is 209 g/mol. The van der Waals surface area contributed by atoms with Crippen molar-refractivity contribution in [3.8, 4) is 11.1 Å². The van der Waals surface area contributed by atoms with Gasteiger partial charge in [0.2, 0.25) is 0 Å². The van der Waals surface area contributed by atoms with Crippen molar-refractivity contribution in [1.82, 2.24) is 4.98 Å². The van der Waals surface area contributed by atoms with Crippen LogP contribution in [0.3, 0.4) is 0 Å². The van der Waals surface area contributed by atoms with Crippen molar-refractivity contribution < 1.29 is 4.79 Å². The third-order valence-corrected chi connectivity index (χ3v) is 2.27. The average Bonchev–Trinajstić information content (AvgIpc) is 2.38. The Balaban J connectivity index is 2.26. The maximum atomic E-state index is 10.2. The summed E-state index contributed by atoms with van der Waals surface area (Å²) in [6.07, 6.45) is 7.62. The van der Waals surface area contributed by atoms with E-state index in [1.807, 2.05) is 42.6 Å². The van der Waals surface area contributed by atoms with Crippen LogP contribution in [-0.4, -0.2) is 11.3 Å². The minimum atomic E-state index is 0.773. The average molecular weight is 209 g/mol. The summed E-state index contributed by atoms with van der Waals surface area (Å²) in [5.74, 6) is 0. The number of allylic oxidation sites excluding steroid dienone is 1. The molecule has 16 heavy (non-hydrogen) atoms. The van der Waals surface area contributed by atoms with E-state index in [2.05, 4.69) is 4.98 Å². The molecule has 0 aliphatic carbocycles. The van der Waals surface area contributed by atoms with Gasteiger partial charge in [0.1, 0.15) is 6.29 Å². The molecule has 78 valence electrons. The fourth-order valence-corrected chi connectivity index (χ4v) is 1.47. The van der Waals surface area contributed by atoms with E-state index >= 15 is 0 Å². The van der Waals surface area contributed by atoms with Crippen molar-refractivity contribution in [2.75, 3.05) is 0 Å². The Morgan fingerprint density at radius 2 is 1.81 bits per heavy atom. The highest BCUT2D eigenvalue weighted by molar-refractivity contribution is 5.74. The van der Waals surface area contributed by atoms with Crippen LogP contribution in [0.5, 0.6) is 0 Å². The summed E-state index contributed by atoms with van der Waals surface area (Å²) in [5, 5.41) is 0.